The molecule has 0 atom stereocenters. The first-order chi connectivity index (χ1) is 12.0. The molecule has 0 bridgehead atoms. The highest BCUT2D eigenvalue weighted by atomic mass is 32.2. The summed E-state index contributed by atoms with van der Waals surface area (Å²) in [4.78, 5) is 38.3. The van der Waals surface area contributed by atoms with Crippen molar-refractivity contribution in [2.24, 2.45) is 5.14 Å². The lowest BCUT2D eigenvalue weighted by Crippen LogP contribution is -2.40. The monoisotopic (exact) mass is 402 g/mol. The summed E-state index contributed by atoms with van der Waals surface area (Å²) < 4.78 is 22.8. The van der Waals surface area contributed by atoms with Crippen LogP contribution in [0.5, 0.6) is 0 Å². The molecule has 1 amide bonds. The van der Waals surface area contributed by atoms with Crippen LogP contribution in [0.25, 0.3) is 10.2 Å². The SMILES string of the molecule is NS(=O)(=O)c1nc2ccc(NC(=O)CN(CC(=O)O)CC(=O)O)cc2s1. The number of hydrogen-bond acceptors (Lipinski definition) is 8. The predicted octanol–water partition coefficient (Wildman–Crippen LogP) is -0.647. The van der Waals surface area contributed by atoms with Crippen molar-refractivity contribution in [1.82, 2.24) is 9.88 Å². The molecule has 2 rings (SSSR count). The molecule has 11 nitrogen and oxygen atoms in total. The Bertz CT molecular complexity index is 954. The Labute approximate surface area is 151 Å². The number of benzene rings is 1. The minimum Gasteiger partial charge on any atom is -0.480 e. The van der Waals surface area contributed by atoms with Crippen molar-refractivity contribution in [2.45, 2.75) is 4.34 Å². The van der Waals surface area contributed by atoms with Gasteiger partial charge in [-0.25, -0.2) is 18.5 Å². The number of thiazole rings is 1. The number of aliphatic carboxylic acids is 2. The van der Waals surface area contributed by atoms with E-state index in [9.17, 15) is 22.8 Å². The van der Waals surface area contributed by atoms with Crippen molar-refractivity contribution < 1.29 is 33.0 Å². The van der Waals surface area contributed by atoms with Gasteiger partial charge in [0.1, 0.15) is 0 Å². The van der Waals surface area contributed by atoms with Gasteiger partial charge in [0.25, 0.3) is 10.0 Å². The Hall–Kier alpha value is -2.61. The molecule has 1 aromatic heterocycles. The van der Waals surface area contributed by atoms with Crippen LogP contribution in [-0.4, -0.2) is 66.0 Å². The molecule has 0 fully saturated rings. The number of nitrogens with zero attached hydrogens (tertiary/aromatic N) is 2. The summed E-state index contributed by atoms with van der Waals surface area (Å²) in [5, 5.41) is 25.0. The van der Waals surface area contributed by atoms with E-state index in [4.69, 9.17) is 15.4 Å². The second-order valence-electron chi connectivity index (χ2n) is 5.19. The van der Waals surface area contributed by atoms with Gasteiger partial charge in [0.2, 0.25) is 10.2 Å². The fourth-order valence-electron chi connectivity index (χ4n) is 2.06. The van der Waals surface area contributed by atoms with Crippen LogP contribution in [0.4, 0.5) is 5.69 Å². The molecule has 26 heavy (non-hydrogen) atoms. The zero-order valence-electron chi connectivity index (χ0n) is 13.1. The van der Waals surface area contributed by atoms with Crippen molar-refractivity contribution in [2.75, 3.05) is 25.0 Å². The largest absolute Gasteiger partial charge is 0.480 e. The normalized spacial score (nSPS) is 11.6. The summed E-state index contributed by atoms with van der Waals surface area (Å²) in [6.45, 7) is -1.65. The third-order valence-corrected chi connectivity index (χ3v) is 5.32. The third kappa shape index (κ3) is 5.45. The number of fused-ring (bicyclic) bond motifs is 1. The Morgan fingerprint density at radius 2 is 1.77 bits per heavy atom. The molecule has 140 valence electrons. The number of carboxylic acids is 2. The molecule has 2 aromatic rings. The van der Waals surface area contributed by atoms with Crippen LogP contribution in [0, 0.1) is 0 Å². The number of hydrogen-bond donors (Lipinski definition) is 4. The molecule has 1 heterocycles. The maximum atomic E-state index is 12.0. The Morgan fingerprint density at radius 1 is 1.15 bits per heavy atom. The molecule has 1 aromatic carbocycles. The predicted molar refractivity (Wildman–Crippen MR) is 91.3 cm³/mol. The second kappa shape index (κ2) is 7.74. The van der Waals surface area contributed by atoms with Crippen LogP contribution in [0.1, 0.15) is 0 Å². The zero-order valence-corrected chi connectivity index (χ0v) is 14.7. The fourth-order valence-corrected chi connectivity index (χ4v) is 3.75. The van der Waals surface area contributed by atoms with E-state index < -0.39 is 47.5 Å². The minimum atomic E-state index is -3.94. The lowest BCUT2D eigenvalue weighted by molar-refractivity contribution is -0.142. The lowest BCUT2D eigenvalue weighted by Gasteiger charge is -2.17. The molecule has 0 saturated carbocycles. The number of carbonyl (C=O) groups is 3. The summed E-state index contributed by atoms with van der Waals surface area (Å²) in [6.07, 6.45) is 0. The first kappa shape index (κ1) is 19.7. The van der Waals surface area contributed by atoms with Gasteiger partial charge in [-0.05, 0) is 18.2 Å². The average Bonchev–Trinajstić information content (AvgIpc) is 2.88. The van der Waals surface area contributed by atoms with Crippen LogP contribution in [0.3, 0.4) is 0 Å². The van der Waals surface area contributed by atoms with Crippen LogP contribution in [0.15, 0.2) is 22.5 Å². The highest BCUT2D eigenvalue weighted by Crippen LogP contribution is 2.27. The number of aromatic nitrogens is 1. The summed E-state index contributed by atoms with van der Waals surface area (Å²) in [5.74, 6) is -3.15. The smallest absolute Gasteiger partial charge is 0.317 e. The van der Waals surface area contributed by atoms with E-state index >= 15 is 0 Å². The topological polar surface area (TPSA) is 180 Å². The summed E-state index contributed by atoms with van der Waals surface area (Å²) in [5.41, 5.74) is 0.702. The Morgan fingerprint density at radius 3 is 2.31 bits per heavy atom. The van der Waals surface area contributed by atoms with E-state index in [2.05, 4.69) is 10.3 Å². The number of primary sulfonamides is 1. The number of nitrogens with one attached hydrogen (secondary N) is 1. The highest BCUT2D eigenvalue weighted by molar-refractivity contribution is 7.91. The Kier molecular flexibility index (Phi) is 5.86. The van der Waals surface area contributed by atoms with Gasteiger partial charge in [0, 0.05) is 5.69 Å². The van der Waals surface area contributed by atoms with Gasteiger partial charge in [-0.2, -0.15) is 0 Å². The maximum Gasteiger partial charge on any atom is 0.317 e. The van der Waals surface area contributed by atoms with Crippen LogP contribution < -0.4 is 10.5 Å². The van der Waals surface area contributed by atoms with Crippen molar-refractivity contribution in [1.29, 1.82) is 0 Å². The Balaban J connectivity index is 2.12. The van der Waals surface area contributed by atoms with Crippen LogP contribution in [-0.2, 0) is 24.4 Å². The molecule has 0 spiro atoms. The fraction of sp³-hybridized carbons (Fsp3) is 0.231. The van der Waals surface area contributed by atoms with Crippen LogP contribution >= 0.6 is 11.3 Å². The van der Waals surface area contributed by atoms with Gasteiger partial charge in [-0.15, -0.1) is 11.3 Å². The van der Waals surface area contributed by atoms with Gasteiger partial charge in [0.15, 0.2) is 0 Å². The number of sulfonamides is 1. The van der Waals surface area contributed by atoms with Gasteiger partial charge in [0.05, 0.1) is 29.9 Å². The summed E-state index contributed by atoms with van der Waals surface area (Å²) >= 11 is 0.835. The molecule has 0 unspecified atom stereocenters. The maximum absolute atomic E-state index is 12.0. The standard InChI is InChI=1S/C13H14N4O7S2/c14-26(23,24)13-16-8-2-1-7(3-9(8)25-13)15-10(18)4-17(5-11(19)20)6-12(21)22/h1-3H,4-6H2,(H,15,18)(H,19,20)(H,21,22)(H2,14,23,24). The summed E-state index contributed by atoms with van der Waals surface area (Å²) in [7, 11) is -3.94. The molecule has 0 saturated heterocycles. The molecule has 5 N–H and O–H groups in total. The van der Waals surface area contributed by atoms with Crippen molar-refractivity contribution in [3.63, 3.8) is 0 Å². The van der Waals surface area contributed by atoms with Crippen molar-refractivity contribution >= 4 is 55.1 Å². The number of carbonyl (C=O) groups excluding carboxylic acids is 1. The molecule has 13 heteroatoms. The number of anilines is 1. The van der Waals surface area contributed by atoms with Gasteiger partial charge in [-0.1, -0.05) is 0 Å². The molecule has 0 aliphatic rings. The summed E-state index contributed by atoms with van der Waals surface area (Å²) in [6, 6.07) is 4.45. The number of carboxylic acid groups (broad SMARTS) is 2. The van der Waals surface area contributed by atoms with E-state index in [1.54, 1.807) is 0 Å². The quantitative estimate of drug-likeness (QED) is 0.446. The van der Waals surface area contributed by atoms with E-state index in [1.165, 1.54) is 18.2 Å². The van der Waals surface area contributed by atoms with E-state index in [-0.39, 0.29) is 4.34 Å². The van der Waals surface area contributed by atoms with E-state index in [0.29, 0.717) is 15.9 Å². The van der Waals surface area contributed by atoms with E-state index in [1.807, 2.05) is 0 Å². The van der Waals surface area contributed by atoms with Crippen molar-refractivity contribution in [3.05, 3.63) is 18.2 Å². The molecule has 0 radical (unpaired) electrons. The minimum absolute atomic E-state index is 0.259. The van der Waals surface area contributed by atoms with Gasteiger partial charge in [-0.3, -0.25) is 19.3 Å². The first-order valence-electron chi connectivity index (χ1n) is 6.94. The number of rotatable bonds is 8. The molecule has 0 aliphatic heterocycles. The zero-order chi connectivity index (χ0) is 19.5. The van der Waals surface area contributed by atoms with Crippen LogP contribution in [0.2, 0.25) is 0 Å². The average molecular weight is 402 g/mol. The van der Waals surface area contributed by atoms with Crippen molar-refractivity contribution in [3.8, 4) is 0 Å². The number of amides is 1. The van der Waals surface area contributed by atoms with E-state index in [0.717, 1.165) is 16.2 Å². The lowest BCUT2D eigenvalue weighted by atomic mass is 10.3. The number of nitrogens with two attached hydrogens (primary N) is 1. The molecular formula is C13H14N4O7S2. The molecule has 0 aliphatic carbocycles. The van der Waals surface area contributed by atoms with Gasteiger partial charge < -0.3 is 15.5 Å². The molecular weight excluding hydrogens is 388 g/mol. The van der Waals surface area contributed by atoms with Gasteiger partial charge >= 0.3 is 11.9 Å². The first-order valence-corrected chi connectivity index (χ1v) is 9.30. The third-order valence-electron chi connectivity index (χ3n) is 2.98. The second-order valence-corrected chi connectivity index (χ2v) is 7.95. The highest BCUT2D eigenvalue weighted by Gasteiger charge is 2.18.